The molecule has 0 saturated heterocycles. The normalized spacial score (nSPS) is 14.9. The minimum atomic E-state index is -0.177. The molecule has 0 unspecified atom stereocenters. The van der Waals surface area contributed by atoms with Gasteiger partial charge in [-0.05, 0) is 71.3 Å². The van der Waals surface area contributed by atoms with E-state index in [4.69, 9.17) is 18.9 Å². The lowest BCUT2D eigenvalue weighted by atomic mass is 9.88. The zero-order chi connectivity index (χ0) is 25.2. The summed E-state index contributed by atoms with van der Waals surface area (Å²) < 4.78 is 23.3. The van der Waals surface area contributed by atoms with Crippen molar-refractivity contribution in [3.05, 3.63) is 82.2 Å². The number of hydrogen-bond acceptors (Lipinski definition) is 6. The Morgan fingerprint density at radius 1 is 0.861 bits per heavy atom. The van der Waals surface area contributed by atoms with Crippen molar-refractivity contribution in [1.82, 2.24) is 4.90 Å². The van der Waals surface area contributed by atoms with Crippen LogP contribution in [0.5, 0.6) is 23.0 Å². The number of carbonyl (C=O) groups excluding carboxylic acids is 1. The summed E-state index contributed by atoms with van der Waals surface area (Å²) in [6, 6.07) is 19.9. The SMILES string of the molecule is COc1ccc(C[C@H]2c3cc(OC)c(OC)cc3CCN2C(=O)c2cc3ccccc3s2)cc1OC. The van der Waals surface area contributed by atoms with Gasteiger partial charge in [0.05, 0.1) is 39.4 Å². The van der Waals surface area contributed by atoms with Gasteiger partial charge in [0.25, 0.3) is 5.91 Å². The van der Waals surface area contributed by atoms with Gasteiger partial charge in [0.1, 0.15) is 0 Å². The van der Waals surface area contributed by atoms with Gasteiger partial charge in [-0.1, -0.05) is 24.3 Å². The zero-order valence-electron chi connectivity index (χ0n) is 20.9. The molecule has 4 aromatic rings. The van der Waals surface area contributed by atoms with Crippen LogP contribution in [-0.2, 0) is 12.8 Å². The Morgan fingerprint density at radius 3 is 2.28 bits per heavy atom. The average molecular weight is 504 g/mol. The summed E-state index contributed by atoms with van der Waals surface area (Å²) in [5.74, 6) is 2.74. The summed E-state index contributed by atoms with van der Waals surface area (Å²) in [5.41, 5.74) is 3.29. The van der Waals surface area contributed by atoms with Gasteiger partial charge in [-0.25, -0.2) is 0 Å². The third-order valence-electron chi connectivity index (χ3n) is 6.78. The fourth-order valence-corrected chi connectivity index (χ4v) is 5.97. The average Bonchev–Trinajstić information content (AvgIpc) is 3.36. The molecule has 0 saturated carbocycles. The highest BCUT2D eigenvalue weighted by Crippen LogP contribution is 2.41. The first kappa shape index (κ1) is 24.0. The van der Waals surface area contributed by atoms with E-state index in [1.807, 2.05) is 59.5 Å². The molecule has 2 heterocycles. The number of methoxy groups -OCH3 is 4. The summed E-state index contributed by atoms with van der Waals surface area (Å²) in [5, 5.41) is 1.09. The largest absolute Gasteiger partial charge is 0.493 e. The van der Waals surface area contributed by atoms with Gasteiger partial charge >= 0.3 is 0 Å². The Balaban J connectivity index is 1.58. The quantitative estimate of drug-likeness (QED) is 0.313. The van der Waals surface area contributed by atoms with E-state index in [1.165, 1.54) is 5.56 Å². The zero-order valence-corrected chi connectivity index (χ0v) is 21.7. The summed E-state index contributed by atoms with van der Waals surface area (Å²) >= 11 is 1.54. The first-order valence-corrected chi connectivity index (χ1v) is 12.6. The maximum absolute atomic E-state index is 13.9. The third kappa shape index (κ3) is 4.35. The maximum Gasteiger partial charge on any atom is 0.264 e. The molecule has 0 N–H and O–H groups in total. The molecule has 7 heteroatoms. The molecule has 0 spiro atoms. The number of ether oxygens (including phenoxy) is 4. The molecular formula is C29H29NO5S. The Morgan fingerprint density at radius 2 is 1.56 bits per heavy atom. The Labute approximate surface area is 215 Å². The van der Waals surface area contributed by atoms with Crippen LogP contribution in [0.4, 0.5) is 0 Å². The van der Waals surface area contributed by atoms with Crippen LogP contribution in [0.25, 0.3) is 10.1 Å². The van der Waals surface area contributed by atoms with Crippen molar-refractivity contribution in [3.8, 4) is 23.0 Å². The highest BCUT2D eigenvalue weighted by molar-refractivity contribution is 7.20. The first-order chi connectivity index (χ1) is 17.6. The number of amides is 1. The van der Waals surface area contributed by atoms with Gasteiger partial charge in [0.2, 0.25) is 0 Å². The van der Waals surface area contributed by atoms with Gasteiger partial charge in [0.15, 0.2) is 23.0 Å². The number of fused-ring (bicyclic) bond motifs is 2. The van der Waals surface area contributed by atoms with E-state index < -0.39 is 0 Å². The van der Waals surface area contributed by atoms with Gasteiger partial charge < -0.3 is 23.8 Å². The molecule has 1 atom stereocenters. The summed E-state index contributed by atoms with van der Waals surface area (Å²) in [6.07, 6.45) is 1.37. The van der Waals surface area contributed by atoms with Gasteiger partial charge in [-0.2, -0.15) is 0 Å². The van der Waals surface area contributed by atoms with E-state index >= 15 is 0 Å². The Kier molecular flexibility index (Phi) is 6.74. The van der Waals surface area contributed by atoms with Crippen LogP contribution in [0.3, 0.4) is 0 Å². The molecule has 186 valence electrons. The summed E-state index contributed by atoms with van der Waals surface area (Å²) in [4.78, 5) is 16.7. The van der Waals surface area contributed by atoms with Crippen LogP contribution < -0.4 is 18.9 Å². The molecule has 1 aromatic heterocycles. The monoisotopic (exact) mass is 503 g/mol. The standard InChI is InChI=1S/C29H29NO5S/c1-32-23-10-9-18(14-24(23)33-2)13-22-21-17-26(35-4)25(34-3)15-19(21)11-12-30(22)29(31)28-16-20-7-5-6-8-27(20)36-28/h5-10,14-17,22H,11-13H2,1-4H3/t22-/m0/s1. The fraction of sp³-hybridized carbons (Fsp3) is 0.276. The number of hydrogen-bond donors (Lipinski definition) is 0. The molecule has 3 aromatic carbocycles. The second-order valence-electron chi connectivity index (χ2n) is 8.71. The lowest BCUT2D eigenvalue weighted by molar-refractivity contribution is 0.0664. The Bertz CT molecular complexity index is 1380. The maximum atomic E-state index is 13.9. The fourth-order valence-electron chi connectivity index (χ4n) is 4.95. The van der Waals surface area contributed by atoms with Crippen LogP contribution in [-0.4, -0.2) is 45.8 Å². The minimum Gasteiger partial charge on any atom is -0.493 e. The van der Waals surface area contributed by atoms with E-state index in [-0.39, 0.29) is 11.9 Å². The molecule has 36 heavy (non-hydrogen) atoms. The number of carbonyl (C=O) groups is 1. The molecule has 1 aliphatic rings. The summed E-state index contributed by atoms with van der Waals surface area (Å²) in [7, 11) is 6.54. The number of benzene rings is 3. The van der Waals surface area contributed by atoms with Gasteiger partial charge in [-0.3, -0.25) is 4.79 Å². The van der Waals surface area contributed by atoms with Crippen molar-refractivity contribution >= 4 is 27.3 Å². The van der Waals surface area contributed by atoms with Crippen LogP contribution in [0.1, 0.15) is 32.4 Å². The highest BCUT2D eigenvalue weighted by atomic mass is 32.1. The molecule has 0 fully saturated rings. The lowest BCUT2D eigenvalue weighted by Crippen LogP contribution is -2.40. The molecule has 0 bridgehead atoms. The molecule has 5 rings (SSSR count). The van der Waals surface area contributed by atoms with Crippen LogP contribution >= 0.6 is 11.3 Å². The first-order valence-electron chi connectivity index (χ1n) is 11.8. The smallest absolute Gasteiger partial charge is 0.264 e. The van der Waals surface area contributed by atoms with Gasteiger partial charge in [0, 0.05) is 11.2 Å². The predicted octanol–water partition coefficient (Wildman–Crippen LogP) is 5.92. The highest BCUT2D eigenvalue weighted by Gasteiger charge is 2.33. The van der Waals surface area contributed by atoms with Crippen molar-refractivity contribution in [2.45, 2.75) is 18.9 Å². The second-order valence-corrected chi connectivity index (χ2v) is 9.80. The summed E-state index contributed by atoms with van der Waals surface area (Å²) in [6.45, 7) is 0.619. The van der Waals surface area contributed by atoms with Gasteiger partial charge in [-0.15, -0.1) is 11.3 Å². The van der Waals surface area contributed by atoms with E-state index in [9.17, 15) is 4.79 Å². The molecule has 1 aliphatic heterocycles. The topological polar surface area (TPSA) is 57.2 Å². The number of thiophene rings is 1. The molecule has 0 aliphatic carbocycles. The van der Waals surface area contributed by atoms with E-state index in [1.54, 1.807) is 39.8 Å². The number of rotatable bonds is 7. The Hall–Kier alpha value is -3.71. The van der Waals surface area contributed by atoms with Crippen molar-refractivity contribution in [2.75, 3.05) is 35.0 Å². The van der Waals surface area contributed by atoms with Crippen molar-refractivity contribution in [2.24, 2.45) is 0 Å². The van der Waals surface area contributed by atoms with E-state index in [0.717, 1.165) is 32.5 Å². The molecule has 6 nitrogen and oxygen atoms in total. The second kappa shape index (κ2) is 10.1. The van der Waals surface area contributed by atoms with Crippen molar-refractivity contribution in [1.29, 1.82) is 0 Å². The third-order valence-corrected chi connectivity index (χ3v) is 7.88. The lowest BCUT2D eigenvalue weighted by Gasteiger charge is -2.38. The van der Waals surface area contributed by atoms with Crippen LogP contribution in [0.15, 0.2) is 60.7 Å². The predicted molar refractivity (Wildman–Crippen MR) is 142 cm³/mol. The van der Waals surface area contributed by atoms with Crippen molar-refractivity contribution in [3.63, 3.8) is 0 Å². The molecule has 0 radical (unpaired) electrons. The molecular weight excluding hydrogens is 474 g/mol. The van der Waals surface area contributed by atoms with E-state index in [2.05, 4.69) is 6.07 Å². The van der Waals surface area contributed by atoms with E-state index in [0.29, 0.717) is 36.0 Å². The number of nitrogens with zero attached hydrogens (tertiary/aromatic N) is 1. The minimum absolute atomic E-state index is 0.0436. The molecule has 1 amide bonds. The van der Waals surface area contributed by atoms with Crippen LogP contribution in [0, 0.1) is 0 Å². The van der Waals surface area contributed by atoms with Crippen molar-refractivity contribution < 1.29 is 23.7 Å². The van der Waals surface area contributed by atoms with Crippen LogP contribution in [0.2, 0.25) is 0 Å².